The van der Waals surface area contributed by atoms with E-state index in [1.165, 1.54) is 39.1 Å². The maximum atomic E-state index is 10.3. The standard InChI is InChI=1S/C47H52BNO2/c1-8-9-12-19-31(2)40(33(4)43-44(35-20-13-10-14-21-35)45(43)36-22-15-11-16-23-36)30-41-32(3)39-24-17-18-25-42(39)49-46(41)37-26-28-38(29-27-37)48-51-34(5)47(6,7)50/h8-16,18-23,25-30,34,43-46,48-50H,2,4,17,24H2,1,3,5-7H3/b9-8-,19-12-,40-30-. The van der Waals surface area contributed by atoms with Crippen LogP contribution >= 0.6 is 0 Å². The van der Waals surface area contributed by atoms with Gasteiger partial charge >= 0.3 is 7.48 Å². The van der Waals surface area contributed by atoms with Crippen LogP contribution in [0.25, 0.3) is 0 Å². The highest BCUT2D eigenvalue weighted by Gasteiger charge is 2.53. The third-order valence-corrected chi connectivity index (χ3v) is 10.9. The van der Waals surface area contributed by atoms with Gasteiger partial charge in [0.05, 0.1) is 17.7 Å². The summed E-state index contributed by atoms with van der Waals surface area (Å²) in [7, 11) is 0.443. The predicted octanol–water partition coefficient (Wildman–Crippen LogP) is 9.77. The molecule has 0 bridgehead atoms. The first-order valence-corrected chi connectivity index (χ1v) is 18.4. The van der Waals surface area contributed by atoms with Crippen LogP contribution < -0.4 is 10.8 Å². The minimum Gasteiger partial charge on any atom is -0.429 e. The predicted molar refractivity (Wildman–Crippen MR) is 216 cm³/mol. The first-order chi connectivity index (χ1) is 24.6. The molecule has 2 aliphatic carbocycles. The molecule has 0 spiro atoms. The highest BCUT2D eigenvalue weighted by atomic mass is 16.5. The summed E-state index contributed by atoms with van der Waals surface area (Å²) in [6.07, 6.45) is 16.9. The van der Waals surface area contributed by atoms with Gasteiger partial charge in [0.15, 0.2) is 0 Å². The zero-order valence-corrected chi connectivity index (χ0v) is 30.9. The van der Waals surface area contributed by atoms with Crippen molar-refractivity contribution in [3.8, 4) is 0 Å². The fourth-order valence-corrected chi connectivity index (χ4v) is 7.52. The zero-order valence-electron chi connectivity index (χ0n) is 30.9. The third kappa shape index (κ3) is 8.14. The van der Waals surface area contributed by atoms with Gasteiger partial charge in [0.2, 0.25) is 0 Å². The minimum atomic E-state index is -0.898. The Morgan fingerprint density at radius 1 is 0.922 bits per heavy atom. The summed E-state index contributed by atoms with van der Waals surface area (Å²) in [5.74, 6) is 0.944. The van der Waals surface area contributed by atoms with Gasteiger partial charge in [-0.15, -0.1) is 0 Å². The van der Waals surface area contributed by atoms with Crippen LogP contribution in [-0.2, 0) is 4.65 Å². The molecule has 3 aliphatic rings. The summed E-state index contributed by atoms with van der Waals surface area (Å²) < 4.78 is 6.01. The maximum Gasteiger partial charge on any atom is 0.309 e. The molecule has 2 N–H and O–H groups in total. The normalized spacial score (nSPS) is 22.6. The van der Waals surface area contributed by atoms with E-state index in [0.29, 0.717) is 19.3 Å². The van der Waals surface area contributed by atoms with Crippen molar-refractivity contribution in [3.63, 3.8) is 0 Å². The van der Waals surface area contributed by atoms with Gasteiger partial charge in [-0.1, -0.05) is 134 Å². The SMILES string of the molecule is C=C(/C=C\C=C/C)/C(=C/C1=C(C)C2=C(C=CCC2)NC1c1ccc(BOC(C)C(C)(C)O)cc1)C(=C)C1C(c2ccccc2)C1c1ccccc1. The molecule has 0 aromatic heterocycles. The first-order valence-electron chi connectivity index (χ1n) is 18.4. The Hall–Kier alpha value is -4.64. The summed E-state index contributed by atoms with van der Waals surface area (Å²) in [6.45, 7) is 19.3. The van der Waals surface area contributed by atoms with Gasteiger partial charge in [-0.3, -0.25) is 0 Å². The van der Waals surface area contributed by atoms with Crippen LogP contribution in [0, 0.1) is 5.92 Å². The van der Waals surface area contributed by atoms with Crippen LogP contribution in [0.4, 0.5) is 0 Å². The van der Waals surface area contributed by atoms with E-state index >= 15 is 0 Å². The lowest BCUT2D eigenvalue weighted by molar-refractivity contribution is -0.0223. The van der Waals surface area contributed by atoms with E-state index in [0.717, 1.165) is 35.0 Å². The molecule has 260 valence electrons. The Bertz CT molecular complexity index is 1870. The van der Waals surface area contributed by atoms with E-state index in [1.54, 1.807) is 13.8 Å². The topological polar surface area (TPSA) is 41.5 Å². The summed E-state index contributed by atoms with van der Waals surface area (Å²) >= 11 is 0. The quantitative estimate of drug-likeness (QED) is 0.140. The number of rotatable bonds is 13. The number of dihydropyridines is 1. The van der Waals surface area contributed by atoms with E-state index in [2.05, 4.69) is 140 Å². The number of allylic oxidation sites excluding steroid dienone is 11. The average molecular weight is 674 g/mol. The van der Waals surface area contributed by atoms with Gasteiger partial charge in [-0.05, 0) is 127 Å². The van der Waals surface area contributed by atoms with Gasteiger partial charge in [-0.25, -0.2) is 0 Å². The molecule has 0 amide bonds. The number of aliphatic hydroxyl groups is 1. The number of nitrogens with one attached hydrogen (secondary N) is 1. The molecule has 0 radical (unpaired) electrons. The van der Waals surface area contributed by atoms with E-state index in [1.807, 2.05) is 19.9 Å². The van der Waals surface area contributed by atoms with Crippen molar-refractivity contribution in [1.82, 2.24) is 5.32 Å². The van der Waals surface area contributed by atoms with Crippen molar-refractivity contribution in [2.75, 3.05) is 0 Å². The van der Waals surface area contributed by atoms with Crippen LogP contribution in [0.1, 0.15) is 82.0 Å². The molecule has 1 fully saturated rings. The molecule has 1 aliphatic heterocycles. The van der Waals surface area contributed by atoms with E-state index in [9.17, 15) is 5.11 Å². The molecule has 4 atom stereocenters. The van der Waals surface area contributed by atoms with Gasteiger partial charge in [0, 0.05) is 5.70 Å². The molecule has 1 saturated carbocycles. The summed E-state index contributed by atoms with van der Waals surface area (Å²) in [6, 6.07) is 30.5. The van der Waals surface area contributed by atoms with Crippen molar-refractivity contribution in [1.29, 1.82) is 0 Å². The molecule has 3 aromatic carbocycles. The summed E-state index contributed by atoms with van der Waals surface area (Å²) in [5, 5.41) is 14.3. The Morgan fingerprint density at radius 3 is 2.14 bits per heavy atom. The van der Waals surface area contributed by atoms with Gasteiger partial charge in [-0.2, -0.15) is 0 Å². The second-order valence-electron chi connectivity index (χ2n) is 14.7. The Labute approximate surface area is 306 Å². The van der Waals surface area contributed by atoms with Crippen molar-refractivity contribution in [2.24, 2.45) is 5.92 Å². The van der Waals surface area contributed by atoms with Crippen molar-refractivity contribution in [2.45, 2.75) is 77.0 Å². The van der Waals surface area contributed by atoms with Crippen LogP contribution in [0.2, 0.25) is 0 Å². The van der Waals surface area contributed by atoms with Gasteiger partial charge in [0.25, 0.3) is 0 Å². The fraction of sp³-hybridized carbons (Fsp3) is 0.277. The van der Waals surface area contributed by atoms with Gasteiger partial charge in [0.1, 0.15) is 0 Å². The monoisotopic (exact) mass is 673 g/mol. The van der Waals surface area contributed by atoms with Gasteiger partial charge < -0.3 is 15.1 Å². The summed E-state index contributed by atoms with van der Waals surface area (Å²) in [5.41, 5.74) is 12.4. The van der Waals surface area contributed by atoms with Crippen LogP contribution in [0.3, 0.4) is 0 Å². The second kappa shape index (κ2) is 15.7. The Kier molecular flexibility index (Phi) is 11.1. The lowest BCUT2D eigenvalue weighted by Gasteiger charge is -2.34. The molecule has 6 rings (SSSR count). The smallest absolute Gasteiger partial charge is 0.309 e. The molecule has 0 saturated heterocycles. The molecule has 4 heteroatoms. The number of hydrogen-bond donors (Lipinski definition) is 2. The largest absolute Gasteiger partial charge is 0.429 e. The van der Waals surface area contributed by atoms with Crippen LogP contribution in [0.15, 0.2) is 180 Å². The van der Waals surface area contributed by atoms with E-state index in [4.69, 9.17) is 11.2 Å². The highest BCUT2D eigenvalue weighted by molar-refractivity contribution is 6.46. The molecular weight excluding hydrogens is 621 g/mol. The molecular formula is C47H52BNO2. The van der Waals surface area contributed by atoms with E-state index in [-0.39, 0.29) is 18.1 Å². The Balaban J connectivity index is 1.41. The zero-order chi connectivity index (χ0) is 36.1. The van der Waals surface area contributed by atoms with Crippen molar-refractivity contribution >= 4 is 12.9 Å². The number of benzene rings is 3. The molecule has 51 heavy (non-hydrogen) atoms. The molecule has 3 nitrogen and oxygen atoms in total. The molecule has 3 aromatic rings. The summed E-state index contributed by atoms with van der Waals surface area (Å²) in [4.78, 5) is 0. The maximum absolute atomic E-state index is 10.3. The Morgan fingerprint density at radius 2 is 1.55 bits per heavy atom. The first kappa shape index (κ1) is 36.2. The lowest BCUT2D eigenvalue weighted by Crippen LogP contribution is -2.38. The van der Waals surface area contributed by atoms with Crippen LogP contribution in [0.5, 0.6) is 0 Å². The second-order valence-corrected chi connectivity index (χ2v) is 14.7. The molecule has 4 unspecified atom stereocenters. The van der Waals surface area contributed by atoms with Crippen molar-refractivity contribution < 1.29 is 9.76 Å². The lowest BCUT2D eigenvalue weighted by atomic mass is 9.80. The van der Waals surface area contributed by atoms with Crippen LogP contribution in [-0.4, -0.2) is 24.3 Å². The third-order valence-electron chi connectivity index (χ3n) is 10.9. The fourth-order valence-electron chi connectivity index (χ4n) is 7.52. The average Bonchev–Trinajstić information content (AvgIpc) is 3.90. The van der Waals surface area contributed by atoms with E-state index < -0.39 is 5.60 Å². The highest BCUT2D eigenvalue weighted by Crippen LogP contribution is 2.64. The van der Waals surface area contributed by atoms with Crippen molar-refractivity contribution in [3.05, 3.63) is 196 Å². The molecule has 1 heterocycles. The number of hydrogen-bond acceptors (Lipinski definition) is 3. The minimum absolute atomic E-state index is 0.0547.